The Morgan fingerprint density at radius 1 is 1.33 bits per heavy atom. The van der Waals surface area contributed by atoms with Gasteiger partial charge in [-0.05, 0) is 45.4 Å². The van der Waals surface area contributed by atoms with Gasteiger partial charge in [-0.1, -0.05) is 0 Å². The largest absolute Gasteiger partial charge is 0.327 e. The number of aromatic nitrogens is 2. The highest BCUT2D eigenvalue weighted by Gasteiger charge is 2.31. The first-order valence-electron chi connectivity index (χ1n) is 6.13. The van der Waals surface area contributed by atoms with Gasteiger partial charge in [0.2, 0.25) is 0 Å². The summed E-state index contributed by atoms with van der Waals surface area (Å²) in [6.45, 7) is 2.05. The highest BCUT2D eigenvalue weighted by atomic mass is 15.2. The topological polar surface area (TPSA) is 43.8 Å². The van der Waals surface area contributed by atoms with Crippen molar-refractivity contribution in [1.29, 1.82) is 0 Å². The molecule has 0 unspecified atom stereocenters. The van der Waals surface area contributed by atoms with Crippen LogP contribution in [0.4, 0.5) is 0 Å². The Morgan fingerprint density at radius 3 is 2.73 bits per heavy atom. The molecule has 0 saturated heterocycles. The summed E-state index contributed by atoms with van der Waals surface area (Å²) in [7, 11) is 0. The number of hydrogen-bond donors (Lipinski definition) is 1. The van der Waals surface area contributed by atoms with Crippen molar-refractivity contribution in [1.82, 2.24) is 9.55 Å². The zero-order valence-corrected chi connectivity index (χ0v) is 9.37. The maximum atomic E-state index is 6.01. The number of fused-ring (bicyclic) bond motifs is 1. The van der Waals surface area contributed by atoms with E-state index in [1.807, 2.05) is 6.92 Å². The van der Waals surface area contributed by atoms with Gasteiger partial charge < -0.3 is 10.3 Å². The maximum Gasteiger partial charge on any atom is 0.126 e. The third-order valence-electron chi connectivity index (χ3n) is 3.52. The van der Waals surface area contributed by atoms with Crippen molar-refractivity contribution in [2.24, 2.45) is 5.73 Å². The van der Waals surface area contributed by atoms with Crippen molar-refractivity contribution in [3.05, 3.63) is 17.2 Å². The summed E-state index contributed by atoms with van der Waals surface area (Å²) in [5, 5.41) is 0. The van der Waals surface area contributed by atoms with E-state index >= 15 is 0 Å². The van der Waals surface area contributed by atoms with Gasteiger partial charge in [0.15, 0.2) is 0 Å². The minimum Gasteiger partial charge on any atom is -0.327 e. The monoisotopic (exact) mass is 205 g/mol. The van der Waals surface area contributed by atoms with E-state index in [0.717, 1.165) is 18.3 Å². The molecule has 1 aromatic heterocycles. The highest BCUT2D eigenvalue weighted by molar-refractivity contribution is 5.23. The molecular weight excluding hydrogens is 186 g/mol. The molecule has 1 saturated carbocycles. The first kappa shape index (κ1) is 9.40. The third kappa shape index (κ3) is 1.49. The number of nitrogens with two attached hydrogens (primary N) is 1. The predicted octanol–water partition coefficient (Wildman–Crippen LogP) is 2.12. The molecule has 0 aliphatic heterocycles. The Morgan fingerprint density at radius 2 is 2.07 bits per heavy atom. The van der Waals surface area contributed by atoms with Crippen LogP contribution in [0.5, 0.6) is 0 Å². The van der Waals surface area contributed by atoms with Crippen molar-refractivity contribution in [2.75, 3.05) is 0 Å². The molecule has 1 aromatic rings. The van der Waals surface area contributed by atoms with Crippen LogP contribution in [0, 0.1) is 0 Å². The fourth-order valence-electron chi connectivity index (χ4n) is 2.65. The van der Waals surface area contributed by atoms with Gasteiger partial charge in [-0.3, -0.25) is 0 Å². The highest BCUT2D eigenvalue weighted by Crippen LogP contribution is 2.40. The van der Waals surface area contributed by atoms with E-state index in [-0.39, 0.29) is 6.04 Å². The fourth-order valence-corrected chi connectivity index (χ4v) is 2.65. The summed E-state index contributed by atoms with van der Waals surface area (Å²) in [5.74, 6) is 1.13. The van der Waals surface area contributed by atoms with Gasteiger partial charge in [0.1, 0.15) is 5.82 Å². The minimum absolute atomic E-state index is 0.0798. The minimum atomic E-state index is 0.0798. The van der Waals surface area contributed by atoms with E-state index < -0.39 is 0 Å². The second-order valence-electron chi connectivity index (χ2n) is 4.96. The Balaban J connectivity index is 2.09. The summed E-state index contributed by atoms with van der Waals surface area (Å²) in [5.41, 5.74) is 8.84. The normalized spacial score (nSPS) is 22.5. The van der Waals surface area contributed by atoms with E-state index in [0.29, 0.717) is 0 Å². The van der Waals surface area contributed by atoms with E-state index in [4.69, 9.17) is 10.7 Å². The van der Waals surface area contributed by atoms with Gasteiger partial charge in [-0.25, -0.2) is 4.98 Å². The molecule has 1 fully saturated rings. The molecule has 0 spiro atoms. The van der Waals surface area contributed by atoms with Crippen molar-refractivity contribution >= 4 is 0 Å². The summed E-state index contributed by atoms with van der Waals surface area (Å²) in [6.07, 6.45) is 7.64. The molecule has 0 aromatic carbocycles. The van der Waals surface area contributed by atoms with Crippen LogP contribution in [0.1, 0.15) is 61.9 Å². The van der Waals surface area contributed by atoms with Crippen LogP contribution >= 0.6 is 0 Å². The maximum absolute atomic E-state index is 6.01. The van der Waals surface area contributed by atoms with E-state index in [2.05, 4.69) is 4.57 Å². The van der Waals surface area contributed by atoms with Crippen molar-refractivity contribution in [3.8, 4) is 0 Å². The number of hydrogen-bond acceptors (Lipinski definition) is 2. The average molecular weight is 205 g/mol. The summed E-state index contributed by atoms with van der Waals surface area (Å²) in [4.78, 5) is 4.75. The zero-order valence-electron chi connectivity index (χ0n) is 9.37. The van der Waals surface area contributed by atoms with E-state index in [9.17, 15) is 0 Å². The fraction of sp³-hybridized carbons (Fsp3) is 0.750. The molecule has 3 rings (SSSR count). The van der Waals surface area contributed by atoms with Crippen LogP contribution in [-0.4, -0.2) is 9.55 Å². The molecule has 0 radical (unpaired) electrons. The van der Waals surface area contributed by atoms with Crippen LogP contribution in [0.2, 0.25) is 0 Å². The second kappa shape index (κ2) is 3.34. The lowest BCUT2D eigenvalue weighted by atomic mass is 10.0. The number of imidazole rings is 1. The Bertz CT molecular complexity index is 374. The predicted molar refractivity (Wildman–Crippen MR) is 59.7 cm³/mol. The Kier molecular flexibility index (Phi) is 2.09. The van der Waals surface area contributed by atoms with Crippen LogP contribution in [0.3, 0.4) is 0 Å². The number of nitrogens with zero attached hydrogens (tertiary/aromatic N) is 2. The van der Waals surface area contributed by atoms with Gasteiger partial charge in [-0.2, -0.15) is 0 Å². The molecule has 0 amide bonds. The zero-order chi connectivity index (χ0) is 10.4. The smallest absolute Gasteiger partial charge is 0.126 e. The second-order valence-corrected chi connectivity index (χ2v) is 4.96. The molecule has 1 heterocycles. The van der Waals surface area contributed by atoms with Gasteiger partial charge in [0.05, 0.1) is 11.7 Å². The van der Waals surface area contributed by atoms with Crippen molar-refractivity contribution in [2.45, 2.75) is 57.5 Å². The molecule has 3 nitrogen and oxygen atoms in total. The molecule has 0 bridgehead atoms. The van der Waals surface area contributed by atoms with Crippen LogP contribution in [0.25, 0.3) is 0 Å². The molecule has 2 aliphatic rings. The molecule has 15 heavy (non-hydrogen) atoms. The SMILES string of the molecule is C[C@H](N)c1nc2c(n1C1CC1)CCCC2. The van der Waals surface area contributed by atoms with Crippen LogP contribution in [0.15, 0.2) is 0 Å². The van der Waals surface area contributed by atoms with Crippen molar-refractivity contribution in [3.63, 3.8) is 0 Å². The average Bonchev–Trinajstić information content (AvgIpc) is 2.98. The Labute approximate surface area is 90.7 Å². The molecule has 1 atom stereocenters. The third-order valence-corrected chi connectivity index (χ3v) is 3.52. The summed E-state index contributed by atoms with van der Waals surface area (Å²) < 4.78 is 2.46. The standard InChI is InChI=1S/C12H19N3/c1-8(13)12-14-10-4-2-3-5-11(10)15(12)9-6-7-9/h8-9H,2-7,13H2,1H3/t8-/m0/s1. The van der Waals surface area contributed by atoms with Gasteiger partial charge in [0, 0.05) is 11.7 Å². The molecule has 2 aliphatic carbocycles. The van der Waals surface area contributed by atoms with Gasteiger partial charge in [0.25, 0.3) is 0 Å². The summed E-state index contributed by atoms with van der Waals surface area (Å²) >= 11 is 0. The van der Waals surface area contributed by atoms with E-state index in [1.165, 1.54) is 43.5 Å². The lowest BCUT2D eigenvalue weighted by Gasteiger charge is -2.15. The van der Waals surface area contributed by atoms with Crippen LogP contribution < -0.4 is 5.73 Å². The first-order chi connectivity index (χ1) is 7.27. The quantitative estimate of drug-likeness (QED) is 0.803. The van der Waals surface area contributed by atoms with Crippen molar-refractivity contribution < 1.29 is 0 Å². The first-order valence-corrected chi connectivity index (χ1v) is 6.13. The molecule has 2 N–H and O–H groups in total. The number of aryl methyl sites for hydroxylation is 1. The van der Waals surface area contributed by atoms with Gasteiger partial charge in [-0.15, -0.1) is 0 Å². The number of rotatable bonds is 2. The van der Waals surface area contributed by atoms with Crippen LogP contribution in [-0.2, 0) is 12.8 Å². The summed E-state index contributed by atoms with van der Waals surface area (Å²) in [6, 6.07) is 0.802. The Hall–Kier alpha value is -0.830. The molecule has 3 heteroatoms. The molecular formula is C12H19N3. The lowest BCUT2D eigenvalue weighted by Crippen LogP contribution is -2.14. The molecule has 82 valence electrons. The van der Waals surface area contributed by atoms with Gasteiger partial charge >= 0.3 is 0 Å². The van der Waals surface area contributed by atoms with E-state index in [1.54, 1.807) is 0 Å². The lowest BCUT2D eigenvalue weighted by molar-refractivity contribution is 0.581.